The molecule has 0 saturated carbocycles. The number of fused-ring (bicyclic) bond motifs is 1. The molecule has 0 bridgehead atoms. The Hall–Kier alpha value is -4.72. The molecule has 0 spiro atoms. The number of rotatable bonds is 5. The Morgan fingerprint density at radius 3 is 2.53 bits per heavy atom. The Balaban J connectivity index is 1.50. The monoisotopic (exact) mass is 421 g/mol. The highest BCUT2D eigenvalue weighted by Gasteiger charge is 2.18. The van der Waals surface area contributed by atoms with Gasteiger partial charge in [0, 0.05) is 23.6 Å². The van der Waals surface area contributed by atoms with E-state index in [4.69, 9.17) is 5.73 Å². The number of carbonyl (C=O) groups excluding carboxylic acids is 1. The molecule has 3 heterocycles. The van der Waals surface area contributed by atoms with Crippen molar-refractivity contribution in [2.75, 3.05) is 16.0 Å². The largest absolute Gasteiger partial charge is 0.397 e. The first-order chi connectivity index (χ1) is 15.7. The number of nitrogens with zero attached hydrogens (tertiary/aromatic N) is 5. The van der Waals surface area contributed by atoms with Gasteiger partial charge < -0.3 is 11.1 Å². The summed E-state index contributed by atoms with van der Waals surface area (Å²) in [7, 11) is 0. The van der Waals surface area contributed by atoms with E-state index in [-0.39, 0.29) is 5.91 Å². The first kappa shape index (κ1) is 19.3. The maximum Gasteiger partial charge on any atom is 0.255 e. The number of para-hydroxylation sites is 2. The number of imidazole rings is 1. The minimum atomic E-state index is -0.238. The number of hydrogen-bond donors (Lipinski definition) is 2. The molecule has 0 aliphatic rings. The van der Waals surface area contributed by atoms with E-state index in [0.717, 1.165) is 17.2 Å². The third kappa shape index (κ3) is 3.61. The number of nitrogens with one attached hydrogen (secondary N) is 1. The Morgan fingerprint density at radius 1 is 0.938 bits per heavy atom. The Kier molecular flexibility index (Phi) is 4.93. The molecular weight excluding hydrogens is 402 g/mol. The van der Waals surface area contributed by atoms with Crippen LogP contribution in [0.4, 0.5) is 28.7 Å². The van der Waals surface area contributed by atoms with E-state index < -0.39 is 0 Å². The number of pyridine rings is 1. The van der Waals surface area contributed by atoms with Gasteiger partial charge in [0.05, 0.1) is 17.6 Å². The quantitative estimate of drug-likeness (QED) is 0.407. The summed E-state index contributed by atoms with van der Waals surface area (Å²) in [5.74, 6) is 1.26. The SMILES string of the molecule is Nc1ccccc1NC(=O)c1ccc(N(c2ccncn2)c2cnc3ccccn23)cc1. The van der Waals surface area contributed by atoms with Crippen LogP contribution in [0.2, 0.25) is 0 Å². The van der Waals surface area contributed by atoms with E-state index in [0.29, 0.717) is 22.8 Å². The first-order valence-corrected chi connectivity index (χ1v) is 9.95. The highest BCUT2D eigenvalue weighted by atomic mass is 16.1. The maximum atomic E-state index is 12.7. The van der Waals surface area contributed by atoms with Gasteiger partial charge >= 0.3 is 0 Å². The molecule has 0 aliphatic carbocycles. The molecule has 0 saturated heterocycles. The predicted octanol–water partition coefficient (Wildman–Crippen LogP) is 4.43. The second-order valence-electron chi connectivity index (χ2n) is 7.04. The smallest absolute Gasteiger partial charge is 0.255 e. The van der Waals surface area contributed by atoms with Crippen LogP contribution in [0.5, 0.6) is 0 Å². The van der Waals surface area contributed by atoms with Crippen LogP contribution in [-0.4, -0.2) is 25.3 Å². The van der Waals surface area contributed by atoms with Crippen molar-refractivity contribution < 1.29 is 4.79 Å². The van der Waals surface area contributed by atoms with Gasteiger partial charge in [-0.3, -0.25) is 14.1 Å². The summed E-state index contributed by atoms with van der Waals surface area (Å²) in [6.45, 7) is 0. The van der Waals surface area contributed by atoms with Crippen molar-refractivity contribution in [2.45, 2.75) is 0 Å². The molecule has 3 N–H and O–H groups in total. The summed E-state index contributed by atoms with van der Waals surface area (Å²) in [5, 5.41) is 2.85. The summed E-state index contributed by atoms with van der Waals surface area (Å²) in [6.07, 6.45) is 6.91. The second kappa shape index (κ2) is 8.19. The fraction of sp³-hybridized carbons (Fsp3) is 0. The van der Waals surface area contributed by atoms with Gasteiger partial charge in [-0.2, -0.15) is 0 Å². The van der Waals surface area contributed by atoms with E-state index in [1.54, 1.807) is 36.7 Å². The number of nitrogen functional groups attached to an aromatic ring is 1. The third-order valence-corrected chi connectivity index (χ3v) is 5.02. The van der Waals surface area contributed by atoms with Crippen molar-refractivity contribution in [3.05, 3.63) is 103 Å². The van der Waals surface area contributed by atoms with E-state index >= 15 is 0 Å². The van der Waals surface area contributed by atoms with Gasteiger partial charge in [0.15, 0.2) is 0 Å². The summed E-state index contributed by atoms with van der Waals surface area (Å²) in [5.41, 5.74) is 9.18. The third-order valence-electron chi connectivity index (χ3n) is 5.02. The molecule has 1 amide bonds. The van der Waals surface area contributed by atoms with Crippen LogP contribution in [0.15, 0.2) is 97.7 Å². The second-order valence-corrected chi connectivity index (χ2v) is 7.04. The van der Waals surface area contributed by atoms with E-state index in [1.165, 1.54) is 6.33 Å². The molecule has 0 fully saturated rings. The van der Waals surface area contributed by atoms with Crippen molar-refractivity contribution >= 4 is 40.3 Å². The summed E-state index contributed by atoms with van der Waals surface area (Å²) < 4.78 is 1.97. The molecule has 2 aromatic carbocycles. The zero-order chi connectivity index (χ0) is 21.9. The highest BCUT2D eigenvalue weighted by Crippen LogP contribution is 2.33. The molecule has 0 radical (unpaired) electrons. The lowest BCUT2D eigenvalue weighted by Crippen LogP contribution is -2.15. The first-order valence-electron chi connectivity index (χ1n) is 9.95. The summed E-state index contributed by atoms with van der Waals surface area (Å²) >= 11 is 0. The van der Waals surface area contributed by atoms with Gasteiger partial charge in [0.1, 0.15) is 23.6 Å². The molecule has 0 atom stereocenters. The van der Waals surface area contributed by atoms with Gasteiger partial charge in [-0.15, -0.1) is 0 Å². The van der Waals surface area contributed by atoms with E-state index in [9.17, 15) is 4.79 Å². The number of hydrogen-bond acceptors (Lipinski definition) is 6. The average molecular weight is 421 g/mol. The van der Waals surface area contributed by atoms with Crippen molar-refractivity contribution in [3.8, 4) is 0 Å². The van der Waals surface area contributed by atoms with Crippen LogP contribution >= 0.6 is 0 Å². The van der Waals surface area contributed by atoms with Gasteiger partial charge in [0.2, 0.25) is 0 Å². The minimum absolute atomic E-state index is 0.238. The maximum absolute atomic E-state index is 12.7. The lowest BCUT2D eigenvalue weighted by Gasteiger charge is -2.23. The van der Waals surface area contributed by atoms with Gasteiger partial charge in [-0.1, -0.05) is 18.2 Å². The molecule has 0 aliphatic heterocycles. The lowest BCUT2D eigenvalue weighted by molar-refractivity contribution is 0.102. The molecule has 32 heavy (non-hydrogen) atoms. The van der Waals surface area contributed by atoms with Crippen molar-refractivity contribution in [3.63, 3.8) is 0 Å². The lowest BCUT2D eigenvalue weighted by atomic mass is 10.1. The number of benzene rings is 2. The molecule has 5 rings (SSSR count). The fourth-order valence-corrected chi connectivity index (χ4v) is 3.45. The standard InChI is InChI=1S/C24H19N7O/c25-19-5-1-2-6-20(19)29-24(32)17-8-10-18(11-9-17)31(22-12-13-26-16-28-22)23-15-27-21-7-3-4-14-30(21)23/h1-16H,25H2,(H,29,32). The molecule has 8 nitrogen and oxygen atoms in total. The molecule has 5 aromatic rings. The van der Waals surface area contributed by atoms with E-state index in [2.05, 4.69) is 20.3 Å². The topological polar surface area (TPSA) is 101 Å². The van der Waals surface area contributed by atoms with Crippen LogP contribution < -0.4 is 16.0 Å². The highest BCUT2D eigenvalue weighted by molar-refractivity contribution is 6.06. The molecule has 8 heteroatoms. The number of nitrogens with two attached hydrogens (primary N) is 1. The van der Waals surface area contributed by atoms with Crippen molar-refractivity contribution in [1.82, 2.24) is 19.4 Å². The number of carbonyl (C=O) groups is 1. The fourth-order valence-electron chi connectivity index (χ4n) is 3.45. The van der Waals surface area contributed by atoms with Gasteiger partial charge in [-0.05, 0) is 54.6 Å². The van der Waals surface area contributed by atoms with Crippen LogP contribution in [0.1, 0.15) is 10.4 Å². The van der Waals surface area contributed by atoms with Crippen LogP contribution in [-0.2, 0) is 0 Å². The molecule has 3 aromatic heterocycles. The predicted molar refractivity (Wildman–Crippen MR) is 124 cm³/mol. The van der Waals surface area contributed by atoms with Crippen LogP contribution in [0.25, 0.3) is 5.65 Å². The van der Waals surface area contributed by atoms with Crippen LogP contribution in [0, 0.1) is 0 Å². The minimum Gasteiger partial charge on any atom is -0.397 e. The van der Waals surface area contributed by atoms with Gasteiger partial charge in [0.25, 0.3) is 5.91 Å². The van der Waals surface area contributed by atoms with Crippen molar-refractivity contribution in [2.24, 2.45) is 0 Å². The Bertz CT molecular complexity index is 1380. The van der Waals surface area contributed by atoms with Crippen LogP contribution in [0.3, 0.4) is 0 Å². The molecular formula is C24H19N7O. The normalized spacial score (nSPS) is 10.8. The van der Waals surface area contributed by atoms with Crippen molar-refractivity contribution in [1.29, 1.82) is 0 Å². The van der Waals surface area contributed by atoms with E-state index in [1.807, 2.05) is 64.0 Å². The average Bonchev–Trinajstić information content (AvgIpc) is 3.26. The Labute approximate surface area is 184 Å². The molecule has 0 unspecified atom stereocenters. The number of anilines is 5. The number of aromatic nitrogens is 4. The Morgan fingerprint density at radius 2 is 1.75 bits per heavy atom. The zero-order valence-electron chi connectivity index (χ0n) is 17.0. The summed E-state index contributed by atoms with van der Waals surface area (Å²) in [4.78, 5) is 27.6. The summed E-state index contributed by atoms with van der Waals surface area (Å²) in [6, 6.07) is 22.1. The zero-order valence-corrected chi connectivity index (χ0v) is 17.0. The molecule has 156 valence electrons. The number of amides is 1. The van der Waals surface area contributed by atoms with Gasteiger partial charge in [-0.25, -0.2) is 15.0 Å².